The smallest absolute Gasteiger partial charge is 0.258 e. The number of hydrogen-bond acceptors (Lipinski definition) is 3. The van der Waals surface area contributed by atoms with Gasteiger partial charge in [-0.1, -0.05) is 11.8 Å². The molecule has 0 N–H and O–H groups in total. The summed E-state index contributed by atoms with van der Waals surface area (Å²) in [5, 5.41) is 9.60. The number of hydrogen-bond donors (Lipinski definition) is 0. The third kappa shape index (κ3) is 2.22. The molecule has 0 aromatic carbocycles. The van der Waals surface area contributed by atoms with Crippen LogP contribution in [0.4, 0.5) is 0 Å². The second-order valence-electron chi connectivity index (χ2n) is 0.855. The first kappa shape index (κ1) is 6.49. The van der Waals surface area contributed by atoms with Crippen molar-refractivity contribution in [2.24, 2.45) is 0 Å². The largest absolute Gasteiger partial charge is 0.295 e. The Morgan fingerprint density at radius 3 is 2.43 bits per heavy atom. The van der Waals surface area contributed by atoms with Gasteiger partial charge in [-0.15, -0.1) is 0 Å². The topological polar surface area (TPSA) is 43.1 Å². The van der Waals surface area contributed by atoms with Crippen molar-refractivity contribution in [2.45, 2.75) is 0 Å². The molecule has 0 aliphatic carbocycles. The molecular weight excluding hydrogens is 114 g/mol. The monoisotopic (exact) mass is 119 g/mol. The van der Waals surface area contributed by atoms with Gasteiger partial charge in [-0.05, 0) is 12.8 Å². The Bertz CT molecular complexity index is 101. The lowest BCUT2D eigenvalue weighted by Crippen LogP contribution is -1.89. The van der Waals surface area contributed by atoms with E-state index in [0.29, 0.717) is 0 Å². The zero-order valence-corrected chi connectivity index (χ0v) is 4.70. The first-order valence-corrected chi connectivity index (χ1v) is 2.78. The molecule has 0 radical (unpaired) electrons. The summed E-state index contributed by atoms with van der Waals surface area (Å²) < 4.78 is 0. The highest BCUT2D eigenvalue weighted by Crippen LogP contribution is 2.06. The zero-order chi connectivity index (χ0) is 5.86. The lowest BCUT2D eigenvalue weighted by Gasteiger charge is -1.84. The van der Waals surface area contributed by atoms with Crippen LogP contribution in [0.1, 0.15) is 0 Å². The second-order valence-corrected chi connectivity index (χ2v) is 1.73. The fourth-order valence-corrected chi connectivity index (χ4v) is 0.224. The summed E-state index contributed by atoms with van der Waals surface area (Å²) in [5.41, 5.74) is 0. The fraction of sp³-hybridized carbons (Fsp3) is 0.333. The van der Waals surface area contributed by atoms with Gasteiger partial charge in [0.2, 0.25) is 0 Å². The molecule has 0 atom stereocenters. The van der Waals surface area contributed by atoms with E-state index in [9.17, 15) is 10.1 Å². The molecular formula is C3H5NO2S. The maximum atomic E-state index is 9.62. The van der Waals surface area contributed by atoms with Gasteiger partial charge >= 0.3 is 0 Å². The molecule has 40 valence electrons. The molecule has 0 aromatic heterocycles. The summed E-state index contributed by atoms with van der Waals surface area (Å²) in [6.07, 6.45) is 1.62. The molecule has 0 amide bonds. The van der Waals surface area contributed by atoms with Crippen molar-refractivity contribution >= 4 is 11.8 Å². The Balaban J connectivity index is 3.58. The third-order valence-corrected chi connectivity index (χ3v) is 1.06. The summed E-state index contributed by atoms with van der Waals surface area (Å²) in [5.74, 6) is 0. The zero-order valence-electron chi connectivity index (χ0n) is 3.88. The van der Waals surface area contributed by atoms with Gasteiger partial charge in [0.1, 0.15) is 0 Å². The minimum absolute atomic E-state index is 0.0139. The van der Waals surface area contributed by atoms with Gasteiger partial charge in [0.05, 0.1) is 4.92 Å². The Morgan fingerprint density at radius 2 is 2.43 bits per heavy atom. The minimum atomic E-state index is -0.509. The van der Waals surface area contributed by atoms with Crippen molar-refractivity contribution in [3.05, 3.63) is 21.7 Å². The molecule has 0 saturated heterocycles. The SMILES string of the molecule is C=C(SC)[N+](=O)[O-]. The lowest BCUT2D eigenvalue weighted by molar-refractivity contribution is -0.409. The second kappa shape index (κ2) is 2.63. The molecule has 7 heavy (non-hydrogen) atoms. The van der Waals surface area contributed by atoms with E-state index < -0.39 is 4.92 Å². The van der Waals surface area contributed by atoms with Gasteiger partial charge in [-0.2, -0.15) is 0 Å². The summed E-state index contributed by atoms with van der Waals surface area (Å²) in [6, 6.07) is 0. The Kier molecular flexibility index (Phi) is 2.44. The predicted molar refractivity (Wildman–Crippen MR) is 29.6 cm³/mol. The quantitative estimate of drug-likeness (QED) is 0.403. The van der Waals surface area contributed by atoms with E-state index >= 15 is 0 Å². The van der Waals surface area contributed by atoms with Crippen molar-refractivity contribution in [2.75, 3.05) is 6.26 Å². The van der Waals surface area contributed by atoms with Gasteiger partial charge in [0.15, 0.2) is 0 Å². The Morgan fingerprint density at radius 1 is 2.00 bits per heavy atom. The van der Waals surface area contributed by atoms with Gasteiger partial charge in [0, 0.05) is 0 Å². The molecule has 0 aromatic rings. The van der Waals surface area contributed by atoms with E-state index in [4.69, 9.17) is 0 Å². The summed E-state index contributed by atoms with van der Waals surface area (Å²) >= 11 is 1.04. The maximum absolute atomic E-state index is 9.62. The van der Waals surface area contributed by atoms with Crippen LogP contribution in [-0.4, -0.2) is 11.2 Å². The highest BCUT2D eigenvalue weighted by molar-refractivity contribution is 8.02. The van der Waals surface area contributed by atoms with Crippen LogP contribution in [0.15, 0.2) is 11.6 Å². The summed E-state index contributed by atoms with van der Waals surface area (Å²) in [4.78, 5) is 9.11. The third-order valence-electron chi connectivity index (χ3n) is 0.439. The lowest BCUT2D eigenvalue weighted by atomic mass is 11.1. The number of thioether (sulfide) groups is 1. The first-order chi connectivity index (χ1) is 3.18. The van der Waals surface area contributed by atoms with Crippen LogP contribution in [0.5, 0.6) is 0 Å². The highest BCUT2D eigenvalue weighted by atomic mass is 32.2. The molecule has 0 rings (SSSR count). The van der Waals surface area contributed by atoms with E-state index in [1.807, 2.05) is 0 Å². The van der Waals surface area contributed by atoms with E-state index in [-0.39, 0.29) is 5.03 Å². The average molecular weight is 119 g/mol. The molecule has 3 nitrogen and oxygen atoms in total. The Hall–Kier alpha value is -0.510. The summed E-state index contributed by atoms with van der Waals surface area (Å²) in [7, 11) is 0. The molecule has 0 aliphatic rings. The van der Waals surface area contributed by atoms with Crippen molar-refractivity contribution < 1.29 is 4.92 Å². The normalized spacial score (nSPS) is 8.14. The van der Waals surface area contributed by atoms with Crippen molar-refractivity contribution in [3.63, 3.8) is 0 Å². The fourth-order valence-electron chi connectivity index (χ4n) is 0.0745. The number of nitro groups is 1. The molecule has 0 unspecified atom stereocenters. The Labute approximate surface area is 45.6 Å². The number of nitrogens with zero attached hydrogens (tertiary/aromatic N) is 1. The van der Waals surface area contributed by atoms with Crippen molar-refractivity contribution in [1.82, 2.24) is 0 Å². The van der Waals surface area contributed by atoms with E-state index in [1.54, 1.807) is 6.26 Å². The van der Waals surface area contributed by atoms with Crippen LogP contribution in [0, 0.1) is 10.1 Å². The van der Waals surface area contributed by atoms with Crippen LogP contribution in [0.25, 0.3) is 0 Å². The first-order valence-electron chi connectivity index (χ1n) is 1.55. The average Bonchev–Trinajstić information content (AvgIpc) is 1.65. The molecule has 0 spiro atoms. The molecule has 0 fully saturated rings. The van der Waals surface area contributed by atoms with Crippen LogP contribution in [0.2, 0.25) is 0 Å². The predicted octanol–water partition coefficient (Wildman–Crippen LogP) is 1.10. The minimum Gasteiger partial charge on any atom is -0.258 e. The van der Waals surface area contributed by atoms with Crippen molar-refractivity contribution in [1.29, 1.82) is 0 Å². The summed E-state index contributed by atoms with van der Waals surface area (Å²) in [6.45, 7) is 3.14. The van der Waals surface area contributed by atoms with E-state index in [2.05, 4.69) is 6.58 Å². The van der Waals surface area contributed by atoms with Crippen molar-refractivity contribution in [3.8, 4) is 0 Å². The molecule has 0 aliphatic heterocycles. The molecule has 0 bridgehead atoms. The maximum Gasteiger partial charge on any atom is 0.295 e. The number of rotatable bonds is 2. The molecule has 0 saturated carbocycles. The van der Waals surface area contributed by atoms with Gasteiger partial charge in [0.25, 0.3) is 5.03 Å². The standard InChI is InChI=1S/C3H5NO2S/c1-3(7-2)4(5)6/h1H2,2H3. The van der Waals surface area contributed by atoms with Gasteiger partial charge in [-0.25, -0.2) is 0 Å². The molecule has 0 heterocycles. The van der Waals surface area contributed by atoms with Crippen LogP contribution >= 0.6 is 11.8 Å². The van der Waals surface area contributed by atoms with Gasteiger partial charge < -0.3 is 0 Å². The van der Waals surface area contributed by atoms with Crippen LogP contribution in [-0.2, 0) is 0 Å². The van der Waals surface area contributed by atoms with Crippen LogP contribution in [0.3, 0.4) is 0 Å². The highest BCUT2D eigenvalue weighted by Gasteiger charge is 1.99. The van der Waals surface area contributed by atoms with E-state index in [1.165, 1.54) is 0 Å². The van der Waals surface area contributed by atoms with E-state index in [0.717, 1.165) is 11.8 Å². The van der Waals surface area contributed by atoms with Crippen LogP contribution < -0.4 is 0 Å². The van der Waals surface area contributed by atoms with Gasteiger partial charge in [-0.3, -0.25) is 10.1 Å². The molecule has 4 heteroatoms.